The van der Waals surface area contributed by atoms with Gasteiger partial charge in [-0.3, -0.25) is 14.6 Å². The molecule has 4 nitrogen and oxygen atoms in total. The fourth-order valence-electron chi connectivity index (χ4n) is 2.37. The number of hydrogen-bond acceptors (Lipinski definition) is 5. The van der Waals surface area contributed by atoms with Gasteiger partial charge in [-0.1, -0.05) is 23.2 Å². The Morgan fingerprint density at radius 1 is 1.25 bits per heavy atom. The Bertz CT molecular complexity index is 467. The summed E-state index contributed by atoms with van der Waals surface area (Å²) in [5.41, 5.74) is 0.526. The second-order valence-electron chi connectivity index (χ2n) is 4.86. The van der Waals surface area contributed by atoms with E-state index in [1.807, 2.05) is 0 Å². The molecule has 1 aromatic heterocycles. The maximum absolute atomic E-state index is 12.2. The SMILES string of the molecule is O=C(CN1CCCN(CCO)CC1)c1cc(Cl)sc1Cl. The zero-order valence-corrected chi connectivity index (χ0v) is 13.5. The Morgan fingerprint density at radius 2 is 1.95 bits per heavy atom. The molecule has 0 unspecified atom stereocenters. The van der Waals surface area contributed by atoms with Gasteiger partial charge in [0, 0.05) is 19.6 Å². The lowest BCUT2D eigenvalue weighted by molar-refractivity contribution is 0.0932. The summed E-state index contributed by atoms with van der Waals surface area (Å²) in [4.78, 5) is 16.6. The van der Waals surface area contributed by atoms with Gasteiger partial charge in [-0.05, 0) is 25.6 Å². The Balaban J connectivity index is 1.90. The number of halogens is 2. The highest BCUT2D eigenvalue weighted by atomic mass is 35.5. The van der Waals surface area contributed by atoms with Crippen LogP contribution in [0.3, 0.4) is 0 Å². The largest absolute Gasteiger partial charge is 0.395 e. The lowest BCUT2D eigenvalue weighted by Gasteiger charge is -2.20. The Kier molecular flexibility index (Phi) is 6.26. The molecule has 1 aliphatic rings. The van der Waals surface area contributed by atoms with E-state index >= 15 is 0 Å². The number of hydrogen-bond donors (Lipinski definition) is 1. The summed E-state index contributed by atoms with van der Waals surface area (Å²) >= 11 is 13.1. The lowest BCUT2D eigenvalue weighted by atomic mass is 10.2. The molecule has 0 saturated carbocycles. The van der Waals surface area contributed by atoms with E-state index < -0.39 is 0 Å². The molecule has 7 heteroatoms. The number of carbonyl (C=O) groups is 1. The third kappa shape index (κ3) is 4.41. The predicted octanol–water partition coefficient (Wildman–Crippen LogP) is 2.24. The van der Waals surface area contributed by atoms with Crippen LogP contribution >= 0.6 is 34.5 Å². The van der Waals surface area contributed by atoms with Crippen LogP contribution in [0.15, 0.2) is 6.07 Å². The van der Waals surface area contributed by atoms with Gasteiger partial charge in [0.15, 0.2) is 5.78 Å². The molecule has 2 heterocycles. The van der Waals surface area contributed by atoms with Gasteiger partial charge in [-0.15, -0.1) is 11.3 Å². The quantitative estimate of drug-likeness (QED) is 0.837. The van der Waals surface area contributed by atoms with Crippen LogP contribution in [0, 0.1) is 0 Å². The van der Waals surface area contributed by atoms with Gasteiger partial charge in [0.25, 0.3) is 0 Å². The molecule has 1 N–H and O–H groups in total. The maximum atomic E-state index is 12.2. The summed E-state index contributed by atoms with van der Waals surface area (Å²) in [5, 5.41) is 8.97. The molecular weight excluding hydrogens is 319 g/mol. The minimum absolute atomic E-state index is 0.0220. The number of aliphatic hydroxyl groups is 1. The van der Waals surface area contributed by atoms with Gasteiger partial charge < -0.3 is 5.11 Å². The third-order valence-corrected chi connectivity index (χ3v) is 4.91. The first-order chi connectivity index (χ1) is 9.60. The lowest BCUT2D eigenvalue weighted by Crippen LogP contribution is -2.35. The topological polar surface area (TPSA) is 43.8 Å². The molecule has 0 aliphatic carbocycles. The number of β-amino-alcohol motifs (C(OH)–C–C–N with tert-alkyl or cyclic N) is 1. The summed E-state index contributed by atoms with van der Waals surface area (Å²) in [5.74, 6) is 0.0220. The molecule has 1 fully saturated rings. The fourth-order valence-corrected chi connectivity index (χ4v) is 3.87. The zero-order valence-electron chi connectivity index (χ0n) is 11.1. The van der Waals surface area contributed by atoms with Gasteiger partial charge >= 0.3 is 0 Å². The highest BCUT2D eigenvalue weighted by Gasteiger charge is 2.20. The smallest absolute Gasteiger partial charge is 0.179 e. The molecule has 1 aliphatic heterocycles. The molecule has 1 aromatic rings. The standard InChI is InChI=1S/C13H18Cl2N2O2S/c14-12-8-10(13(15)20-12)11(19)9-17-3-1-2-16(4-5-17)6-7-18/h8,18H,1-7,9H2. The first kappa shape index (κ1) is 16.2. The van der Waals surface area contributed by atoms with Crippen LogP contribution in [0.4, 0.5) is 0 Å². The van der Waals surface area contributed by atoms with Crippen LogP contribution in [0.2, 0.25) is 8.67 Å². The second-order valence-corrected chi connectivity index (χ2v) is 7.14. The van der Waals surface area contributed by atoms with Crippen LogP contribution in [0.1, 0.15) is 16.8 Å². The monoisotopic (exact) mass is 336 g/mol. The van der Waals surface area contributed by atoms with Crippen molar-refractivity contribution < 1.29 is 9.90 Å². The Morgan fingerprint density at radius 3 is 2.60 bits per heavy atom. The van der Waals surface area contributed by atoms with E-state index in [2.05, 4.69) is 9.80 Å². The van der Waals surface area contributed by atoms with Crippen LogP contribution in [0.5, 0.6) is 0 Å². The van der Waals surface area contributed by atoms with Gasteiger partial charge in [0.2, 0.25) is 0 Å². The molecule has 0 spiro atoms. The number of aliphatic hydroxyl groups excluding tert-OH is 1. The fraction of sp³-hybridized carbons (Fsp3) is 0.615. The summed E-state index contributed by atoms with van der Waals surface area (Å²) in [6, 6.07) is 1.65. The van der Waals surface area contributed by atoms with Crippen LogP contribution in [-0.2, 0) is 0 Å². The van der Waals surface area contributed by atoms with Crippen molar-refractivity contribution in [2.75, 3.05) is 45.9 Å². The van der Waals surface area contributed by atoms with Gasteiger partial charge in [-0.2, -0.15) is 0 Å². The molecule has 0 atom stereocenters. The molecule has 0 aromatic carbocycles. The second kappa shape index (κ2) is 7.73. The van der Waals surface area contributed by atoms with E-state index in [0.717, 1.165) is 32.6 Å². The van der Waals surface area contributed by atoms with Crippen molar-refractivity contribution in [3.8, 4) is 0 Å². The summed E-state index contributed by atoms with van der Waals surface area (Å²) in [6.07, 6.45) is 1.01. The summed E-state index contributed by atoms with van der Waals surface area (Å²) in [6.45, 7) is 4.84. The number of carbonyl (C=O) groups excluding carboxylic acids is 1. The molecular formula is C13H18Cl2N2O2S. The van der Waals surface area contributed by atoms with Gasteiger partial charge in [0.1, 0.15) is 4.34 Å². The van der Waals surface area contributed by atoms with Crippen molar-refractivity contribution in [2.45, 2.75) is 6.42 Å². The maximum Gasteiger partial charge on any atom is 0.179 e. The average Bonchev–Trinajstić information content (AvgIpc) is 2.60. The number of thiophene rings is 1. The van der Waals surface area contributed by atoms with Crippen molar-refractivity contribution in [1.29, 1.82) is 0 Å². The van der Waals surface area contributed by atoms with E-state index in [-0.39, 0.29) is 12.4 Å². The van der Waals surface area contributed by atoms with Crippen molar-refractivity contribution in [2.24, 2.45) is 0 Å². The highest BCUT2D eigenvalue weighted by Crippen LogP contribution is 2.31. The van der Waals surface area contributed by atoms with Crippen LogP contribution < -0.4 is 0 Å². The first-order valence-corrected chi connectivity index (χ1v) is 8.21. The van der Waals surface area contributed by atoms with Gasteiger partial charge in [-0.25, -0.2) is 0 Å². The highest BCUT2D eigenvalue weighted by molar-refractivity contribution is 7.20. The van der Waals surface area contributed by atoms with Crippen molar-refractivity contribution in [3.63, 3.8) is 0 Å². The predicted molar refractivity (Wildman–Crippen MR) is 83.3 cm³/mol. The molecule has 0 bridgehead atoms. The van der Waals surface area contributed by atoms with E-state index in [9.17, 15) is 4.79 Å². The molecule has 112 valence electrons. The molecule has 2 rings (SSSR count). The minimum Gasteiger partial charge on any atom is -0.395 e. The third-order valence-electron chi connectivity index (χ3n) is 3.42. The zero-order chi connectivity index (χ0) is 14.5. The number of ketones is 1. The van der Waals surface area contributed by atoms with Crippen LogP contribution in [0.25, 0.3) is 0 Å². The van der Waals surface area contributed by atoms with E-state index in [1.54, 1.807) is 6.07 Å². The van der Waals surface area contributed by atoms with Crippen molar-refractivity contribution in [1.82, 2.24) is 9.80 Å². The minimum atomic E-state index is 0.0220. The van der Waals surface area contributed by atoms with E-state index in [4.69, 9.17) is 28.3 Å². The van der Waals surface area contributed by atoms with Gasteiger partial charge in [0.05, 0.1) is 23.1 Å². The number of Topliss-reactive ketones (excluding diaryl/α,β-unsaturated/α-hetero) is 1. The summed E-state index contributed by atoms with van der Waals surface area (Å²) < 4.78 is 1.01. The number of nitrogens with zero attached hydrogens (tertiary/aromatic N) is 2. The normalized spacial score (nSPS) is 18.1. The Labute approximate surface area is 132 Å². The van der Waals surface area contributed by atoms with Crippen molar-refractivity contribution in [3.05, 3.63) is 20.3 Å². The van der Waals surface area contributed by atoms with Crippen molar-refractivity contribution >= 4 is 40.3 Å². The molecule has 20 heavy (non-hydrogen) atoms. The Hall–Kier alpha value is -0.170. The summed E-state index contributed by atoms with van der Waals surface area (Å²) in [7, 11) is 0. The van der Waals surface area contributed by atoms with Crippen LogP contribution in [-0.4, -0.2) is 66.6 Å². The molecule has 1 saturated heterocycles. The average molecular weight is 337 g/mol. The number of rotatable bonds is 5. The van der Waals surface area contributed by atoms with E-state index in [0.29, 0.717) is 27.3 Å². The molecule has 0 radical (unpaired) electrons. The van der Waals surface area contributed by atoms with E-state index in [1.165, 1.54) is 11.3 Å². The molecule has 0 amide bonds. The first-order valence-electron chi connectivity index (χ1n) is 6.63.